The molecule has 0 aliphatic carbocycles. The Balaban J connectivity index is 0.000000500. The van der Waals surface area contributed by atoms with Gasteiger partial charge in [0.05, 0.1) is 13.2 Å². The highest BCUT2D eigenvalue weighted by molar-refractivity contribution is 5.94. The van der Waals surface area contributed by atoms with Crippen molar-refractivity contribution < 1.29 is 4.74 Å². The van der Waals surface area contributed by atoms with E-state index < -0.39 is 0 Å². The van der Waals surface area contributed by atoms with Gasteiger partial charge in [-0.05, 0) is 12.5 Å². The standard InChI is InChI=1S/C8H14N2O.C3H8/c1-7(2)8(9)10-3-5-11-6-4-10;1-3-2/h9H,1,3-6H2,2H3;3H2,1-2H3. The molecule has 0 saturated carbocycles. The molecule has 3 heteroatoms. The Kier molecular flexibility index (Phi) is 7.11. The zero-order valence-corrected chi connectivity index (χ0v) is 9.60. The fourth-order valence-corrected chi connectivity index (χ4v) is 1.06. The van der Waals surface area contributed by atoms with Crippen LogP contribution in [-0.2, 0) is 4.74 Å². The minimum atomic E-state index is 0.549. The maximum Gasteiger partial charge on any atom is 0.123 e. The van der Waals surface area contributed by atoms with E-state index in [1.807, 2.05) is 11.8 Å². The Hall–Kier alpha value is -0.830. The van der Waals surface area contributed by atoms with E-state index in [0.29, 0.717) is 5.84 Å². The van der Waals surface area contributed by atoms with E-state index in [9.17, 15) is 0 Å². The van der Waals surface area contributed by atoms with Gasteiger partial charge in [-0.1, -0.05) is 26.8 Å². The van der Waals surface area contributed by atoms with Gasteiger partial charge in [0.15, 0.2) is 0 Å². The smallest absolute Gasteiger partial charge is 0.123 e. The predicted octanol–water partition coefficient (Wildman–Crippen LogP) is 2.29. The number of amidine groups is 1. The Morgan fingerprint density at radius 3 is 2.14 bits per heavy atom. The SMILES string of the molecule is C=C(C)C(=N)N1CCOCC1.CCC. The van der Waals surface area contributed by atoms with E-state index >= 15 is 0 Å². The fraction of sp³-hybridized carbons (Fsp3) is 0.727. The van der Waals surface area contributed by atoms with Crippen molar-refractivity contribution in [3.05, 3.63) is 12.2 Å². The molecule has 1 saturated heterocycles. The molecule has 1 fully saturated rings. The fourth-order valence-electron chi connectivity index (χ4n) is 1.06. The number of nitrogens with zero attached hydrogens (tertiary/aromatic N) is 1. The van der Waals surface area contributed by atoms with E-state index in [1.54, 1.807) is 0 Å². The van der Waals surface area contributed by atoms with Gasteiger partial charge in [0.25, 0.3) is 0 Å². The summed E-state index contributed by atoms with van der Waals surface area (Å²) in [5.41, 5.74) is 0.826. The Morgan fingerprint density at radius 1 is 1.36 bits per heavy atom. The molecule has 1 aliphatic heterocycles. The number of ether oxygens (including phenoxy) is 1. The number of hydrogen-bond donors (Lipinski definition) is 1. The van der Waals surface area contributed by atoms with Gasteiger partial charge in [-0.15, -0.1) is 0 Å². The second kappa shape index (κ2) is 7.56. The Morgan fingerprint density at radius 2 is 1.79 bits per heavy atom. The number of rotatable bonds is 1. The van der Waals surface area contributed by atoms with Crippen LogP contribution < -0.4 is 0 Å². The summed E-state index contributed by atoms with van der Waals surface area (Å²) in [7, 11) is 0. The van der Waals surface area contributed by atoms with Gasteiger partial charge < -0.3 is 9.64 Å². The maximum absolute atomic E-state index is 7.61. The van der Waals surface area contributed by atoms with Crippen molar-refractivity contribution in [1.29, 1.82) is 5.41 Å². The van der Waals surface area contributed by atoms with Crippen LogP contribution in [0.5, 0.6) is 0 Å². The van der Waals surface area contributed by atoms with E-state index in [4.69, 9.17) is 10.1 Å². The normalized spacial score (nSPS) is 15.5. The van der Waals surface area contributed by atoms with Crippen LogP contribution in [-0.4, -0.2) is 37.0 Å². The lowest BCUT2D eigenvalue weighted by Gasteiger charge is -2.28. The molecule has 0 aromatic rings. The molecule has 1 N–H and O–H groups in total. The molecule has 0 spiro atoms. The molecule has 0 unspecified atom stereocenters. The van der Waals surface area contributed by atoms with Gasteiger partial charge in [-0.25, -0.2) is 0 Å². The van der Waals surface area contributed by atoms with Gasteiger partial charge in [-0.3, -0.25) is 5.41 Å². The number of nitrogens with one attached hydrogen (secondary N) is 1. The van der Waals surface area contributed by atoms with Gasteiger partial charge in [0.1, 0.15) is 5.84 Å². The molecule has 1 aliphatic rings. The molecule has 1 rings (SSSR count). The molecule has 0 radical (unpaired) electrons. The van der Waals surface area contributed by atoms with Crippen molar-refractivity contribution in [2.45, 2.75) is 27.2 Å². The predicted molar refractivity (Wildman–Crippen MR) is 60.9 cm³/mol. The molecule has 3 nitrogen and oxygen atoms in total. The van der Waals surface area contributed by atoms with Gasteiger partial charge in [-0.2, -0.15) is 0 Å². The topological polar surface area (TPSA) is 36.3 Å². The molecule has 1 heterocycles. The van der Waals surface area contributed by atoms with Crippen LogP contribution >= 0.6 is 0 Å². The third-order valence-corrected chi connectivity index (χ3v) is 1.73. The van der Waals surface area contributed by atoms with Gasteiger partial charge in [0, 0.05) is 13.1 Å². The average molecular weight is 198 g/mol. The van der Waals surface area contributed by atoms with Crippen molar-refractivity contribution in [2.75, 3.05) is 26.3 Å². The minimum Gasteiger partial charge on any atom is -0.378 e. The highest BCUT2D eigenvalue weighted by Crippen LogP contribution is 2.02. The lowest BCUT2D eigenvalue weighted by molar-refractivity contribution is 0.0679. The second-order valence-corrected chi connectivity index (χ2v) is 3.44. The minimum absolute atomic E-state index is 0.549. The Bertz CT molecular complexity index is 184. The van der Waals surface area contributed by atoms with Crippen molar-refractivity contribution in [3.63, 3.8) is 0 Å². The first-order chi connectivity index (χ1) is 6.63. The van der Waals surface area contributed by atoms with Crippen LogP contribution in [0.2, 0.25) is 0 Å². The van der Waals surface area contributed by atoms with Crippen molar-refractivity contribution >= 4 is 5.84 Å². The number of morpholine rings is 1. The second-order valence-electron chi connectivity index (χ2n) is 3.44. The molecule has 0 bridgehead atoms. The van der Waals surface area contributed by atoms with Crippen molar-refractivity contribution in [2.24, 2.45) is 0 Å². The summed E-state index contributed by atoms with van der Waals surface area (Å²) in [5.74, 6) is 0.549. The summed E-state index contributed by atoms with van der Waals surface area (Å²) in [6, 6.07) is 0. The van der Waals surface area contributed by atoms with Crippen molar-refractivity contribution in [3.8, 4) is 0 Å². The van der Waals surface area contributed by atoms with Crippen LogP contribution in [0.1, 0.15) is 27.2 Å². The lowest BCUT2D eigenvalue weighted by Crippen LogP contribution is -2.40. The molecule has 14 heavy (non-hydrogen) atoms. The zero-order chi connectivity index (χ0) is 11.0. The molecule has 0 aromatic heterocycles. The summed E-state index contributed by atoms with van der Waals surface area (Å²) in [4.78, 5) is 1.99. The molecular formula is C11H22N2O. The molecule has 0 amide bonds. The first-order valence-electron chi connectivity index (χ1n) is 5.20. The maximum atomic E-state index is 7.61. The summed E-state index contributed by atoms with van der Waals surface area (Å²) >= 11 is 0. The van der Waals surface area contributed by atoms with Gasteiger partial charge >= 0.3 is 0 Å². The zero-order valence-electron chi connectivity index (χ0n) is 9.60. The van der Waals surface area contributed by atoms with E-state index in [2.05, 4.69) is 20.4 Å². The Labute approximate surface area is 87.3 Å². The van der Waals surface area contributed by atoms with Crippen LogP contribution in [0.4, 0.5) is 0 Å². The first-order valence-corrected chi connectivity index (χ1v) is 5.20. The third kappa shape index (κ3) is 5.02. The summed E-state index contributed by atoms with van der Waals surface area (Å²) in [6.45, 7) is 12.9. The van der Waals surface area contributed by atoms with E-state index in [0.717, 1.165) is 31.9 Å². The molecule has 82 valence electrons. The summed E-state index contributed by atoms with van der Waals surface area (Å²) in [6.07, 6.45) is 1.25. The van der Waals surface area contributed by atoms with E-state index in [-0.39, 0.29) is 0 Å². The molecule has 0 atom stereocenters. The van der Waals surface area contributed by atoms with Gasteiger partial charge in [0.2, 0.25) is 0 Å². The van der Waals surface area contributed by atoms with Crippen LogP contribution in [0.25, 0.3) is 0 Å². The molecule has 0 aromatic carbocycles. The highest BCUT2D eigenvalue weighted by Gasteiger charge is 2.13. The summed E-state index contributed by atoms with van der Waals surface area (Å²) < 4.78 is 5.16. The quantitative estimate of drug-likeness (QED) is 0.518. The largest absolute Gasteiger partial charge is 0.378 e. The molecular weight excluding hydrogens is 176 g/mol. The summed E-state index contributed by atoms with van der Waals surface area (Å²) in [5, 5.41) is 7.61. The van der Waals surface area contributed by atoms with Crippen LogP contribution in [0.15, 0.2) is 12.2 Å². The monoisotopic (exact) mass is 198 g/mol. The number of hydrogen-bond acceptors (Lipinski definition) is 2. The van der Waals surface area contributed by atoms with Crippen LogP contribution in [0.3, 0.4) is 0 Å². The van der Waals surface area contributed by atoms with E-state index in [1.165, 1.54) is 6.42 Å². The first kappa shape index (κ1) is 13.2. The van der Waals surface area contributed by atoms with Crippen molar-refractivity contribution in [1.82, 2.24) is 4.90 Å². The lowest BCUT2D eigenvalue weighted by atomic mass is 10.2. The third-order valence-electron chi connectivity index (χ3n) is 1.73. The highest BCUT2D eigenvalue weighted by atomic mass is 16.5. The average Bonchev–Trinajstić information content (AvgIpc) is 2.19. The van der Waals surface area contributed by atoms with Crippen LogP contribution in [0, 0.1) is 5.41 Å².